The molecule has 1 N–H and O–H groups in total. The minimum Gasteiger partial charge on any atom is -0.459 e. The van der Waals surface area contributed by atoms with E-state index in [1.54, 1.807) is 12.1 Å². The van der Waals surface area contributed by atoms with Crippen molar-refractivity contribution in [1.82, 2.24) is 19.4 Å². The number of carbonyl (C=O) groups is 2. The number of imidazole rings is 1. The highest BCUT2D eigenvalue weighted by Crippen LogP contribution is 2.22. The SMILES string of the molecule is CCn1c(CN2CCN(C(=O)c3ccco3)CC2)nc2cc(NC(=O)CC(C)C)ccc21. The first kappa shape index (κ1) is 22.1. The van der Waals surface area contributed by atoms with E-state index in [0.717, 1.165) is 48.7 Å². The summed E-state index contributed by atoms with van der Waals surface area (Å²) in [5.41, 5.74) is 2.73. The van der Waals surface area contributed by atoms with Crippen LogP contribution in [0.5, 0.6) is 0 Å². The number of hydrogen-bond donors (Lipinski definition) is 1. The third-order valence-electron chi connectivity index (χ3n) is 5.78. The molecule has 2 aromatic heterocycles. The Hall–Kier alpha value is -3.13. The summed E-state index contributed by atoms with van der Waals surface area (Å²) in [7, 11) is 0. The predicted octanol–water partition coefficient (Wildman–Crippen LogP) is 3.59. The zero-order chi connectivity index (χ0) is 22.7. The van der Waals surface area contributed by atoms with Crippen LogP contribution in [0.3, 0.4) is 0 Å². The molecule has 0 unspecified atom stereocenters. The summed E-state index contributed by atoms with van der Waals surface area (Å²) in [6, 6.07) is 9.36. The summed E-state index contributed by atoms with van der Waals surface area (Å²) in [5, 5.41) is 2.98. The number of fused-ring (bicyclic) bond motifs is 1. The van der Waals surface area contributed by atoms with E-state index in [9.17, 15) is 9.59 Å². The number of nitrogens with zero attached hydrogens (tertiary/aromatic N) is 4. The zero-order valence-corrected chi connectivity index (χ0v) is 19.0. The van der Waals surface area contributed by atoms with Crippen molar-refractivity contribution in [3.8, 4) is 0 Å². The van der Waals surface area contributed by atoms with Gasteiger partial charge in [-0.15, -0.1) is 0 Å². The molecular weight excluding hydrogens is 406 g/mol. The van der Waals surface area contributed by atoms with Gasteiger partial charge in [-0.1, -0.05) is 13.8 Å². The molecule has 0 aliphatic carbocycles. The van der Waals surface area contributed by atoms with Gasteiger partial charge in [-0.05, 0) is 43.2 Å². The maximum Gasteiger partial charge on any atom is 0.289 e. The molecule has 0 atom stereocenters. The van der Waals surface area contributed by atoms with Crippen molar-refractivity contribution in [2.45, 2.75) is 40.3 Å². The smallest absolute Gasteiger partial charge is 0.289 e. The van der Waals surface area contributed by atoms with Crippen molar-refractivity contribution in [3.05, 3.63) is 48.2 Å². The Labute approximate surface area is 188 Å². The highest BCUT2D eigenvalue weighted by Gasteiger charge is 2.24. The summed E-state index contributed by atoms with van der Waals surface area (Å²) in [5.74, 6) is 1.68. The molecule has 0 radical (unpaired) electrons. The van der Waals surface area contributed by atoms with Gasteiger partial charge in [-0.3, -0.25) is 14.5 Å². The van der Waals surface area contributed by atoms with Gasteiger partial charge in [0.05, 0.1) is 23.8 Å². The van der Waals surface area contributed by atoms with Gasteiger partial charge in [0.1, 0.15) is 5.82 Å². The molecule has 4 rings (SSSR count). The van der Waals surface area contributed by atoms with Gasteiger partial charge < -0.3 is 19.2 Å². The van der Waals surface area contributed by atoms with Crippen molar-refractivity contribution in [1.29, 1.82) is 0 Å². The van der Waals surface area contributed by atoms with Crippen LogP contribution in [0.4, 0.5) is 5.69 Å². The largest absolute Gasteiger partial charge is 0.459 e. The minimum atomic E-state index is -0.0532. The Morgan fingerprint density at radius 2 is 1.94 bits per heavy atom. The lowest BCUT2D eigenvalue weighted by Gasteiger charge is -2.34. The number of benzene rings is 1. The molecule has 32 heavy (non-hydrogen) atoms. The van der Waals surface area contributed by atoms with Crippen molar-refractivity contribution in [2.24, 2.45) is 5.92 Å². The quantitative estimate of drug-likeness (QED) is 0.611. The van der Waals surface area contributed by atoms with E-state index in [2.05, 4.69) is 21.7 Å². The van der Waals surface area contributed by atoms with E-state index >= 15 is 0 Å². The minimum absolute atomic E-state index is 0.0245. The summed E-state index contributed by atoms with van der Waals surface area (Å²) in [4.78, 5) is 33.6. The molecule has 1 fully saturated rings. The average molecular weight is 438 g/mol. The van der Waals surface area contributed by atoms with E-state index in [-0.39, 0.29) is 11.8 Å². The number of aromatic nitrogens is 2. The lowest BCUT2D eigenvalue weighted by atomic mass is 10.1. The number of amides is 2. The second kappa shape index (κ2) is 9.56. The number of furan rings is 1. The van der Waals surface area contributed by atoms with Crippen LogP contribution in [0.2, 0.25) is 0 Å². The van der Waals surface area contributed by atoms with Crippen LogP contribution >= 0.6 is 0 Å². The first-order chi connectivity index (χ1) is 15.4. The Morgan fingerprint density at radius 1 is 1.16 bits per heavy atom. The fourth-order valence-corrected chi connectivity index (χ4v) is 4.18. The molecule has 3 heterocycles. The van der Waals surface area contributed by atoms with Crippen molar-refractivity contribution in [3.63, 3.8) is 0 Å². The van der Waals surface area contributed by atoms with Gasteiger partial charge in [-0.2, -0.15) is 0 Å². The maximum atomic E-state index is 12.5. The lowest BCUT2D eigenvalue weighted by Crippen LogP contribution is -2.48. The monoisotopic (exact) mass is 437 g/mol. The molecule has 3 aromatic rings. The van der Waals surface area contributed by atoms with Crippen LogP contribution in [0, 0.1) is 5.92 Å². The standard InChI is InChI=1S/C24H31N5O3/c1-4-29-20-8-7-18(25-23(30)14-17(2)3)15-19(20)26-22(29)16-27-9-11-28(12-10-27)24(31)21-6-5-13-32-21/h5-8,13,15,17H,4,9-12,14,16H2,1-3H3,(H,25,30). The highest BCUT2D eigenvalue weighted by molar-refractivity contribution is 5.93. The highest BCUT2D eigenvalue weighted by atomic mass is 16.3. The van der Waals surface area contributed by atoms with Crippen LogP contribution in [0.1, 0.15) is 43.6 Å². The fourth-order valence-electron chi connectivity index (χ4n) is 4.18. The topological polar surface area (TPSA) is 83.6 Å². The van der Waals surface area contributed by atoms with Gasteiger partial charge in [0.2, 0.25) is 5.91 Å². The molecule has 0 saturated carbocycles. The maximum absolute atomic E-state index is 12.5. The summed E-state index contributed by atoms with van der Waals surface area (Å²) in [6.07, 6.45) is 2.03. The zero-order valence-electron chi connectivity index (χ0n) is 19.0. The van der Waals surface area contributed by atoms with Crippen LogP contribution in [0.25, 0.3) is 11.0 Å². The van der Waals surface area contributed by atoms with Gasteiger partial charge >= 0.3 is 0 Å². The average Bonchev–Trinajstić information content (AvgIpc) is 3.40. The Morgan fingerprint density at radius 3 is 2.59 bits per heavy atom. The molecule has 170 valence electrons. The van der Waals surface area contributed by atoms with Gasteiger partial charge in [-0.25, -0.2) is 4.98 Å². The van der Waals surface area contributed by atoms with E-state index in [1.165, 1.54) is 6.26 Å². The molecule has 1 saturated heterocycles. The van der Waals surface area contributed by atoms with Crippen LogP contribution in [-0.2, 0) is 17.9 Å². The lowest BCUT2D eigenvalue weighted by molar-refractivity contribution is -0.116. The normalized spacial score (nSPS) is 14.9. The number of rotatable bonds is 7. The number of hydrogen-bond acceptors (Lipinski definition) is 5. The van der Waals surface area contributed by atoms with Crippen LogP contribution < -0.4 is 5.32 Å². The van der Waals surface area contributed by atoms with E-state index in [4.69, 9.17) is 9.40 Å². The number of anilines is 1. The first-order valence-electron chi connectivity index (χ1n) is 11.3. The molecule has 0 spiro atoms. The molecular formula is C24H31N5O3. The molecule has 1 aliphatic rings. The molecule has 2 amide bonds. The molecule has 0 bridgehead atoms. The first-order valence-corrected chi connectivity index (χ1v) is 11.3. The van der Waals surface area contributed by atoms with E-state index in [0.29, 0.717) is 31.2 Å². The second-order valence-electron chi connectivity index (χ2n) is 8.67. The Bertz CT molecular complexity index is 1080. The van der Waals surface area contributed by atoms with E-state index < -0.39 is 0 Å². The Kier molecular flexibility index (Phi) is 6.60. The number of piperazine rings is 1. The number of aryl methyl sites for hydroxylation is 1. The van der Waals surface area contributed by atoms with Crippen molar-refractivity contribution in [2.75, 3.05) is 31.5 Å². The molecule has 1 aliphatic heterocycles. The summed E-state index contributed by atoms with van der Waals surface area (Å²) >= 11 is 0. The molecule has 8 heteroatoms. The fraction of sp³-hybridized carbons (Fsp3) is 0.458. The van der Waals surface area contributed by atoms with Crippen molar-refractivity contribution >= 4 is 28.5 Å². The third-order valence-corrected chi connectivity index (χ3v) is 5.78. The van der Waals surface area contributed by atoms with E-state index in [1.807, 2.05) is 36.9 Å². The third kappa shape index (κ3) is 4.85. The summed E-state index contributed by atoms with van der Waals surface area (Å²) < 4.78 is 7.46. The second-order valence-corrected chi connectivity index (χ2v) is 8.67. The molecule has 1 aromatic carbocycles. The van der Waals surface area contributed by atoms with Gasteiger partial charge in [0.25, 0.3) is 5.91 Å². The van der Waals surface area contributed by atoms with Gasteiger partial charge in [0, 0.05) is 44.8 Å². The van der Waals surface area contributed by atoms with Crippen LogP contribution in [-0.4, -0.2) is 57.3 Å². The molecule has 8 nitrogen and oxygen atoms in total. The predicted molar refractivity (Wildman–Crippen MR) is 123 cm³/mol. The van der Waals surface area contributed by atoms with Gasteiger partial charge in [0.15, 0.2) is 5.76 Å². The number of carbonyl (C=O) groups excluding carboxylic acids is 2. The van der Waals surface area contributed by atoms with Crippen molar-refractivity contribution < 1.29 is 14.0 Å². The Balaban J connectivity index is 1.42. The van der Waals surface area contributed by atoms with Crippen LogP contribution in [0.15, 0.2) is 41.0 Å². The summed E-state index contributed by atoms with van der Waals surface area (Å²) in [6.45, 7) is 10.6. The number of nitrogens with one attached hydrogen (secondary N) is 1.